The Morgan fingerprint density at radius 3 is 2.58 bits per heavy atom. The van der Waals surface area contributed by atoms with E-state index in [4.69, 9.17) is 14.7 Å². The van der Waals surface area contributed by atoms with Crippen LogP contribution in [-0.2, 0) is 4.74 Å². The molecule has 9 heteroatoms. The van der Waals surface area contributed by atoms with E-state index in [-0.39, 0.29) is 6.03 Å². The third-order valence-corrected chi connectivity index (χ3v) is 6.11. The number of nitrogens with one attached hydrogen (secondary N) is 3. The summed E-state index contributed by atoms with van der Waals surface area (Å²) in [5.74, 6) is 1.14. The Morgan fingerprint density at radius 1 is 1.13 bits per heavy atom. The van der Waals surface area contributed by atoms with E-state index in [9.17, 15) is 4.79 Å². The Labute approximate surface area is 180 Å². The number of anilines is 2. The minimum absolute atomic E-state index is 0.245. The quantitative estimate of drug-likeness (QED) is 0.597. The lowest BCUT2D eigenvalue weighted by molar-refractivity contribution is 0.122. The van der Waals surface area contributed by atoms with Gasteiger partial charge in [0.15, 0.2) is 5.65 Å². The molecule has 31 heavy (non-hydrogen) atoms. The smallest absolute Gasteiger partial charge is 0.318 e. The molecular weight excluding hydrogens is 394 g/mol. The molecule has 0 atom stereocenters. The molecule has 1 saturated carbocycles. The van der Waals surface area contributed by atoms with Crippen LogP contribution in [-0.4, -0.2) is 59.5 Å². The number of aromatic amines is 1. The van der Waals surface area contributed by atoms with E-state index < -0.39 is 0 Å². The number of benzene rings is 1. The van der Waals surface area contributed by atoms with Gasteiger partial charge in [0.1, 0.15) is 0 Å². The van der Waals surface area contributed by atoms with Crippen molar-refractivity contribution in [3.05, 3.63) is 30.0 Å². The van der Waals surface area contributed by atoms with Crippen LogP contribution in [0, 0.1) is 0 Å². The molecule has 1 saturated heterocycles. The summed E-state index contributed by atoms with van der Waals surface area (Å²) in [7, 11) is 1.60. The highest BCUT2D eigenvalue weighted by Crippen LogP contribution is 2.39. The molecule has 3 N–H and O–H groups in total. The molecule has 3 aromatic rings. The van der Waals surface area contributed by atoms with E-state index in [1.807, 2.05) is 24.3 Å². The fraction of sp³-hybridized carbons (Fsp3) is 0.455. The van der Waals surface area contributed by atoms with Crippen molar-refractivity contribution in [3.8, 4) is 11.3 Å². The zero-order valence-electron chi connectivity index (χ0n) is 17.6. The van der Waals surface area contributed by atoms with Crippen molar-refractivity contribution in [1.82, 2.24) is 25.5 Å². The molecule has 0 spiro atoms. The van der Waals surface area contributed by atoms with E-state index in [0.717, 1.165) is 59.6 Å². The van der Waals surface area contributed by atoms with Gasteiger partial charge in [-0.3, -0.25) is 5.10 Å². The fourth-order valence-electron chi connectivity index (χ4n) is 4.45. The molecule has 1 aliphatic heterocycles. The number of hydrogen-bond donors (Lipinski definition) is 3. The summed E-state index contributed by atoms with van der Waals surface area (Å²) in [6.45, 7) is 2.88. The van der Waals surface area contributed by atoms with Crippen LogP contribution in [0.1, 0.15) is 37.3 Å². The van der Waals surface area contributed by atoms with Crippen LogP contribution in [0.3, 0.4) is 0 Å². The fourth-order valence-corrected chi connectivity index (χ4v) is 4.45. The van der Waals surface area contributed by atoms with E-state index in [1.54, 1.807) is 7.05 Å². The second-order valence-electron chi connectivity index (χ2n) is 8.07. The van der Waals surface area contributed by atoms with Crippen molar-refractivity contribution < 1.29 is 9.53 Å². The number of urea groups is 1. The summed E-state index contributed by atoms with van der Waals surface area (Å²) in [5, 5.41) is 14.2. The second kappa shape index (κ2) is 8.50. The van der Waals surface area contributed by atoms with Crippen LogP contribution in [0.15, 0.2) is 24.3 Å². The van der Waals surface area contributed by atoms with E-state index >= 15 is 0 Å². The second-order valence-corrected chi connectivity index (χ2v) is 8.07. The average Bonchev–Trinajstić information content (AvgIpc) is 3.49. The number of amides is 2. The maximum atomic E-state index is 11.6. The molecule has 2 fully saturated rings. The molecule has 3 heterocycles. The highest BCUT2D eigenvalue weighted by atomic mass is 16.5. The number of aromatic nitrogens is 4. The number of hydrogen-bond acceptors (Lipinski definition) is 6. The molecular formula is C22H27N7O2. The number of fused-ring (bicyclic) bond motifs is 1. The predicted molar refractivity (Wildman–Crippen MR) is 119 cm³/mol. The summed E-state index contributed by atoms with van der Waals surface area (Å²) >= 11 is 0. The van der Waals surface area contributed by atoms with Crippen molar-refractivity contribution >= 4 is 28.7 Å². The summed E-state index contributed by atoms with van der Waals surface area (Å²) in [6, 6.07) is 7.51. The van der Waals surface area contributed by atoms with Gasteiger partial charge in [0.25, 0.3) is 0 Å². The molecule has 0 unspecified atom stereocenters. The topological polar surface area (TPSA) is 108 Å². The average molecular weight is 422 g/mol. The molecule has 9 nitrogen and oxygen atoms in total. The van der Waals surface area contributed by atoms with Crippen LogP contribution in [0.5, 0.6) is 0 Å². The largest absolute Gasteiger partial charge is 0.378 e. The van der Waals surface area contributed by atoms with E-state index in [1.165, 1.54) is 12.8 Å². The standard InChI is InChI=1S/C22H27N7O2/c1-23-22(30)24-16-8-6-15(7-9-16)18-17-19(14-4-2-3-5-14)27-28-20(17)26-21(25-18)29-10-12-31-13-11-29/h6-9,14H,2-5,10-13H2,1H3,(H2,23,24,30)(H,25,26,27,28). The Bertz CT molecular complexity index is 1070. The third kappa shape index (κ3) is 3.93. The minimum Gasteiger partial charge on any atom is -0.378 e. The summed E-state index contributed by atoms with van der Waals surface area (Å²) < 4.78 is 5.49. The normalized spacial score (nSPS) is 17.3. The van der Waals surface area contributed by atoms with Gasteiger partial charge in [0.05, 0.1) is 30.0 Å². The molecule has 5 rings (SSSR count). The van der Waals surface area contributed by atoms with Crippen molar-refractivity contribution in [2.24, 2.45) is 0 Å². The first-order valence-electron chi connectivity index (χ1n) is 10.9. The first-order chi connectivity index (χ1) is 15.2. The van der Waals surface area contributed by atoms with E-state index in [2.05, 4.69) is 25.7 Å². The predicted octanol–water partition coefficient (Wildman–Crippen LogP) is 3.27. The lowest BCUT2D eigenvalue weighted by atomic mass is 9.98. The number of H-pyrrole nitrogens is 1. The molecule has 162 valence electrons. The lowest BCUT2D eigenvalue weighted by Crippen LogP contribution is -2.37. The summed E-state index contributed by atoms with van der Waals surface area (Å²) in [5.41, 5.74) is 4.44. The van der Waals surface area contributed by atoms with Crippen molar-refractivity contribution in [2.75, 3.05) is 43.6 Å². The molecule has 2 aromatic heterocycles. The first kappa shape index (κ1) is 19.7. The molecule has 2 aliphatic rings. The van der Waals surface area contributed by atoms with Gasteiger partial charge in [-0.05, 0) is 25.0 Å². The molecule has 1 aliphatic carbocycles. The van der Waals surface area contributed by atoms with Crippen LogP contribution in [0.2, 0.25) is 0 Å². The molecule has 2 amide bonds. The lowest BCUT2D eigenvalue weighted by Gasteiger charge is -2.27. The summed E-state index contributed by atoms with van der Waals surface area (Å²) in [4.78, 5) is 23.6. The maximum Gasteiger partial charge on any atom is 0.318 e. The number of nitrogens with zero attached hydrogens (tertiary/aromatic N) is 4. The Balaban J connectivity index is 1.59. The zero-order chi connectivity index (χ0) is 21.2. The minimum atomic E-state index is -0.245. The van der Waals surface area contributed by atoms with Gasteiger partial charge in [-0.25, -0.2) is 9.78 Å². The van der Waals surface area contributed by atoms with Crippen LogP contribution < -0.4 is 15.5 Å². The molecule has 0 bridgehead atoms. The Kier molecular flexibility index (Phi) is 5.42. The van der Waals surface area contributed by atoms with Crippen molar-refractivity contribution in [3.63, 3.8) is 0 Å². The SMILES string of the molecule is CNC(=O)Nc1ccc(-c2nc(N3CCOCC3)nc3[nH]nc(C4CCCC4)c23)cc1. The molecule has 1 aromatic carbocycles. The first-order valence-corrected chi connectivity index (χ1v) is 10.9. The highest BCUT2D eigenvalue weighted by Gasteiger charge is 2.26. The van der Waals surface area contributed by atoms with Gasteiger partial charge in [-0.2, -0.15) is 10.1 Å². The number of ether oxygens (including phenoxy) is 1. The van der Waals surface area contributed by atoms with Gasteiger partial charge in [-0.1, -0.05) is 25.0 Å². The number of rotatable bonds is 4. The molecule has 0 radical (unpaired) electrons. The van der Waals surface area contributed by atoms with Gasteiger partial charge in [0, 0.05) is 37.3 Å². The number of carbonyl (C=O) groups excluding carboxylic acids is 1. The monoisotopic (exact) mass is 421 g/mol. The van der Waals surface area contributed by atoms with Gasteiger partial charge < -0.3 is 20.3 Å². The van der Waals surface area contributed by atoms with Gasteiger partial charge >= 0.3 is 6.03 Å². The zero-order valence-corrected chi connectivity index (χ0v) is 17.6. The van der Waals surface area contributed by atoms with Gasteiger partial charge in [-0.15, -0.1) is 0 Å². The van der Waals surface area contributed by atoms with Crippen LogP contribution in [0.25, 0.3) is 22.3 Å². The third-order valence-electron chi connectivity index (χ3n) is 6.11. The van der Waals surface area contributed by atoms with Crippen molar-refractivity contribution in [2.45, 2.75) is 31.6 Å². The Morgan fingerprint density at radius 2 is 1.87 bits per heavy atom. The Hall–Kier alpha value is -3.20. The van der Waals surface area contributed by atoms with Crippen molar-refractivity contribution in [1.29, 1.82) is 0 Å². The summed E-state index contributed by atoms with van der Waals surface area (Å²) in [6.07, 6.45) is 4.78. The number of carbonyl (C=O) groups is 1. The van der Waals surface area contributed by atoms with Gasteiger partial charge in [0.2, 0.25) is 5.95 Å². The van der Waals surface area contributed by atoms with Crippen LogP contribution in [0.4, 0.5) is 16.4 Å². The van der Waals surface area contributed by atoms with Crippen LogP contribution >= 0.6 is 0 Å². The van der Waals surface area contributed by atoms with E-state index in [0.29, 0.717) is 25.1 Å². The highest BCUT2D eigenvalue weighted by molar-refractivity contribution is 5.94. The number of morpholine rings is 1. The maximum absolute atomic E-state index is 11.6.